The zero-order chi connectivity index (χ0) is 16.6. The van der Waals surface area contributed by atoms with Crippen LogP contribution in [0.5, 0.6) is 0 Å². The van der Waals surface area contributed by atoms with E-state index in [1.54, 1.807) is 11.3 Å². The molecule has 5 rings (SSSR count). The van der Waals surface area contributed by atoms with E-state index < -0.39 is 0 Å². The van der Waals surface area contributed by atoms with Crippen LogP contribution >= 0.6 is 11.3 Å². The van der Waals surface area contributed by atoms with Gasteiger partial charge in [0, 0.05) is 67.2 Å². The Bertz CT molecular complexity index is 848. The Hall–Kier alpha value is -1.79. The summed E-state index contributed by atoms with van der Waals surface area (Å²) in [5, 5.41) is 2.07. The van der Waals surface area contributed by atoms with E-state index in [0.717, 1.165) is 42.5 Å². The number of hydrogen-bond donors (Lipinski definition) is 0. The van der Waals surface area contributed by atoms with Crippen molar-refractivity contribution >= 4 is 16.3 Å². The maximum atomic E-state index is 4.95. The molecule has 3 aromatic rings. The first-order chi connectivity index (χ1) is 12.3. The van der Waals surface area contributed by atoms with Crippen molar-refractivity contribution in [3.63, 3.8) is 0 Å². The molecule has 0 saturated heterocycles. The van der Waals surface area contributed by atoms with Gasteiger partial charge in [0.25, 0.3) is 0 Å². The smallest absolute Gasteiger partial charge is 0.193 e. The molecule has 5 nitrogen and oxygen atoms in total. The molecule has 0 atom stereocenters. The normalized spacial score (nSPS) is 19.4. The molecule has 0 bridgehead atoms. The van der Waals surface area contributed by atoms with Crippen molar-refractivity contribution in [3.8, 4) is 0 Å². The Morgan fingerprint density at radius 3 is 2.96 bits per heavy atom. The summed E-state index contributed by atoms with van der Waals surface area (Å²) in [6.45, 7) is 2.89. The van der Waals surface area contributed by atoms with Gasteiger partial charge in [0.15, 0.2) is 4.96 Å². The van der Waals surface area contributed by atoms with Crippen LogP contribution in [0.2, 0.25) is 0 Å². The lowest BCUT2D eigenvalue weighted by Gasteiger charge is -2.28. The van der Waals surface area contributed by atoms with Gasteiger partial charge in [-0.05, 0) is 12.8 Å². The summed E-state index contributed by atoms with van der Waals surface area (Å²) in [7, 11) is 0. The highest BCUT2D eigenvalue weighted by atomic mass is 32.1. The van der Waals surface area contributed by atoms with Crippen molar-refractivity contribution in [1.82, 2.24) is 24.3 Å². The summed E-state index contributed by atoms with van der Waals surface area (Å²) in [5.41, 5.74) is 3.72. The molecule has 2 aliphatic rings. The first-order valence-electron chi connectivity index (χ1n) is 9.33. The fourth-order valence-corrected chi connectivity index (χ4v) is 4.88. The maximum Gasteiger partial charge on any atom is 0.193 e. The predicted octanol–water partition coefficient (Wildman–Crippen LogP) is 3.79. The second-order valence-corrected chi connectivity index (χ2v) is 8.19. The fourth-order valence-electron chi connectivity index (χ4n) is 4.16. The molecule has 0 N–H and O–H groups in total. The van der Waals surface area contributed by atoms with E-state index in [9.17, 15) is 0 Å². The summed E-state index contributed by atoms with van der Waals surface area (Å²) in [5.74, 6) is 1.69. The molecule has 1 aliphatic heterocycles. The summed E-state index contributed by atoms with van der Waals surface area (Å²) in [6, 6.07) is 0. The number of fused-ring (bicyclic) bond motifs is 2. The molecule has 0 unspecified atom stereocenters. The van der Waals surface area contributed by atoms with E-state index >= 15 is 0 Å². The van der Waals surface area contributed by atoms with Gasteiger partial charge in [-0.1, -0.05) is 19.3 Å². The first-order valence-corrected chi connectivity index (χ1v) is 10.2. The highest BCUT2D eigenvalue weighted by Crippen LogP contribution is 2.31. The lowest BCUT2D eigenvalue weighted by molar-refractivity contribution is 0.240. The minimum atomic E-state index is 0.593. The van der Waals surface area contributed by atoms with Crippen LogP contribution in [0.25, 0.3) is 4.96 Å². The molecule has 3 aromatic heterocycles. The van der Waals surface area contributed by atoms with Crippen LogP contribution in [-0.2, 0) is 19.5 Å². The van der Waals surface area contributed by atoms with Crippen LogP contribution in [0, 0.1) is 0 Å². The van der Waals surface area contributed by atoms with Gasteiger partial charge in [0.05, 0.1) is 5.69 Å². The molecule has 0 aromatic carbocycles. The highest BCUT2D eigenvalue weighted by molar-refractivity contribution is 7.15. The Kier molecular flexibility index (Phi) is 4.02. The average Bonchev–Trinajstić information content (AvgIpc) is 3.23. The van der Waals surface area contributed by atoms with E-state index in [1.807, 2.05) is 0 Å². The zero-order valence-corrected chi connectivity index (χ0v) is 15.2. The van der Waals surface area contributed by atoms with Crippen LogP contribution < -0.4 is 0 Å². The Morgan fingerprint density at radius 1 is 1.16 bits per heavy atom. The van der Waals surface area contributed by atoms with Crippen molar-refractivity contribution in [1.29, 1.82) is 0 Å². The van der Waals surface area contributed by atoms with Crippen molar-refractivity contribution in [2.45, 2.75) is 57.5 Å². The lowest BCUT2D eigenvalue weighted by atomic mass is 9.88. The van der Waals surface area contributed by atoms with E-state index in [0.29, 0.717) is 5.92 Å². The Morgan fingerprint density at radius 2 is 2.08 bits per heavy atom. The molecule has 1 saturated carbocycles. The van der Waals surface area contributed by atoms with Crippen molar-refractivity contribution < 1.29 is 0 Å². The van der Waals surface area contributed by atoms with Crippen molar-refractivity contribution in [3.05, 3.63) is 46.7 Å². The van der Waals surface area contributed by atoms with Gasteiger partial charge in [-0.15, -0.1) is 11.3 Å². The number of thiazole rings is 1. The number of aromatic nitrogens is 4. The van der Waals surface area contributed by atoms with Gasteiger partial charge in [-0.2, -0.15) is 0 Å². The maximum absolute atomic E-state index is 4.95. The molecule has 25 heavy (non-hydrogen) atoms. The van der Waals surface area contributed by atoms with E-state index in [-0.39, 0.29) is 0 Å². The van der Waals surface area contributed by atoms with Crippen LogP contribution in [-0.4, -0.2) is 30.8 Å². The molecule has 4 heterocycles. The minimum absolute atomic E-state index is 0.593. The Balaban J connectivity index is 1.30. The first kappa shape index (κ1) is 15.5. The van der Waals surface area contributed by atoms with Gasteiger partial charge in [-0.25, -0.2) is 15.0 Å². The van der Waals surface area contributed by atoms with Crippen LogP contribution in [0.3, 0.4) is 0 Å². The van der Waals surface area contributed by atoms with Crippen molar-refractivity contribution in [2.75, 3.05) is 6.54 Å². The number of imidazole rings is 1. The third kappa shape index (κ3) is 3.09. The fraction of sp³-hybridized carbons (Fsp3) is 0.526. The van der Waals surface area contributed by atoms with Crippen LogP contribution in [0.1, 0.15) is 60.8 Å². The number of hydrogen-bond acceptors (Lipinski definition) is 5. The third-order valence-electron chi connectivity index (χ3n) is 5.53. The number of rotatable bonds is 3. The Labute approximate surface area is 151 Å². The minimum Gasteiger partial charge on any atom is -0.297 e. The predicted molar refractivity (Wildman–Crippen MR) is 98.7 cm³/mol. The zero-order valence-electron chi connectivity index (χ0n) is 14.4. The quantitative estimate of drug-likeness (QED) is 0.719. The standard InChI is InChI=1S/C19H23N5S/c1-2-4-14(5-3-1)18-20-10-15-11-23(7-6-17(15)22-18)12-16-13-24-8-9-25-19(24)21-16/h8-10,13-14H,1-7,11-12H2. The van der Waals surface area contributed by atoms with Gasteiger partial charge in [0.1, 0.15) is 5.82 Å². The van der Waals surface area contributed by atoms with E-state index in [2.05, 4.69) is 33.3 Å². The molecular formula is C19H23N5S. The SMILES string of the molecule is c1cn2cc(CN3CCc4nc(C5CCCCC5)ncc4C3)nc2s1. The second-order valence-electron chi connectivity index (χ2n) is 7.32. The molecule has 0 spiro atoms. The summed E-state index contributed by atoms with van der Waals surface area (Å²) >= 11 is 1.69. The molecule has 0 radical (unpaired) electrons. The summed E-state index contributed by atoms with van der Waals surface area (Å²) in [6.07, 6.45) is 13.9. The van der Waals surface area contributed by atoms with Crippen LogP contribution in [0.4, 0.5) is 0 Å². The molecular weight excluding hydrogens is 330 g/mol. The van der Waals surface area contributed by atoms with Crippen LogP contribution in [0.15, 0.2) is 24.0 Å². The molecule has 130 valence electrons. The number of nitrogens with zero attached hydrogens (tertiary/aromatic N) is 5. The largest absolute Gasteiger partial charge is 0.297 e. The summed E-state index contributed by atoms with van der Waals surface area (Å²) in [4.78, 5) is 17.9. The monoisotopic (exact) mass is 353 g/mol. The molecule has 1 aliphatic carbocycles. The average molecular weight is 353 g/mol. The lowest BCUT2D eigenvalue weighted by Crippen LogP contribution is -2.31. The van der Waals surface area contributed by atoms with E-state index in [4.69, 9.17) is 15.0 Å². The molecule has 6 heteroatoms. The second kappa shape index (κ2) is 6.50. The van der Waals surface area contributed by atoms with Gasteiger partial charge in [-0.3, -0.25) is 9.30 Å². The van der Waals surface area contributed by atoms with Crippen molar-refractivity contribution in [2.24, 2.45) is 0 Å². The molecule has 0 amide bonds. The molecule has 1 fully saturated rings. The topological polar surface area (TPSA) is 46.3 Å². The van der Waals surface area contributed by atoms with Gasteiger partial charge >= 0.3 is 0 Å². The highest BCUT2D eigenvalue weighted by Gasteiger charge is 2.23. The third-order valence-corrected chi connectivity index (χ3v) is 6.30. The summed E-state index contributed by atoms with van der Waals surface area (Å²) < 4.78 is 2.11. The van der Waals surface area contributed by atoms with Gasteiger partial charge in [0.2, 0.25) is 0 Å². The van der Waals surface area contributed by atoms with E-state index in [1.165, 1.54) is 43.4 Å². The van der Waals surface area contributed by atoms with Gasteiger partial charge < -0.3 is 0 Å².